The van der Waals surface area contributed by atoms with Gasteiger partial charge in [-0.3, -0.25) is 9.59 Å². The Morgan fingerprint density at radius 3 is 2.67 bits per heavy atom. The number of ether oxygens (including phenoxy) is 2. The second-order valence-corrected chi connectivity index (χ2v) is 12.7. The van der Waals surface area contributed by atoms with Crippen LogP contribution in [0.3, 0.4) is 0 Å². The van der Waals surface area contributed by atoms with Crippen molar-refractivity contribution in [2.75, 3.05) is 20.3 Å². The van der Waals surface area contributed by atoms with Gasteiger partial charge in [-0.1, -0.05) is 11.6 Å². The number of halogens is 3. The summed E-state index contributed by atoms with van der Waals surface area (Å²) in [5.74, 6) is -2.92. The van der Waals surface area contributed by atoms with Crippen LogP contribution >= 0.6 is 11.6 Å². The molecule has 3 heterocycles. The molecule has 3 aliphatic rings. The van der Waals surface area contributed by atoms with Crippen LogP contribution in [0.4, 0.5) is 8.78 Å². The molecule has 1 unspecified atom stereocenters. The van der Waals surface area contributed by atoms with Gasteiger partial charge in [-0.25, -0.2) is 18.4 Å². The second kappa shape index (κ2) is 10.1. The number of alkyl halides is 1. The predicted octanol–water partition coefficient (Wildman–Crippen LogP) is 4.48. The van der Waals surface area contributed by atoms with E-state index in [-0.39, 0.29) is 46.8 Å². The van der Waals surface area contributed by atoms with Gasteiger partial charge >= 0.3 is 0 Å². The number of aromatic nitrogens is 3. The number of aliphatic hydroxyl groups is 1. The number of nitrogens with one attached hydrogen (secondary N) is 1. The first kappa shape index (κ1) is 29.4. The summed E-state index contributed by atoms with van der Waals surface area (Å²) in [5, 5.41) is 19.8. The van der Waals surface area contributed by atoms with E-state index in [1.807, 2.05) is 0 Å². The highest BCUT2D eigenvalue weighted by atomic mass is 35.5. The van der Waals surface area contributed by atoms with E-state index in [1.54, 1.807) is 25.3 Å². The number of methoxy groups -OCH3 is 1. The van der Waals surface area contributed by atoms with E-state index in [0.717, 1.165) is 0 Å². The van der Waals surface area contributed by atoms with Crippen LogP contribution < -0.4 is 20.5 Å². The maximum Gasteiger partial charge on any atom is 0.251 e. The standard InChI is InChI=1S/C32H30ClF2N5O5/c1-30(29(36)42)15-45-27-20(30)12-24(38-26(27)16-3-6-22(34)21(33)10-16)32(43,19-4-5-19)14-37-28(41)17-9-18-13-40(31(35)7-8-31)39-25(18)23(11-17)44-2/h3,6,9-13,19,43H,4-5,7-8,14-15H2,1-2H3,(H2,36,42)(H,37,41)/t30-,32?/m0/s1. The lowest BCUT2D eigenvalue weighted by atomic mass is 9.81. The number of carbonyl (C=O) groups excluding carboxylic acids is 2. The number of fused-ring (bicyclic) bond motifs is 2. The summed E-state index contributed by atoms with van der Waals surface area (Å²) in [6.07, 6.45) is 3.64. The number of hydrogen-bond donors (Lipinski definition) is 3. The molecule has 0 bridgehead atoms. The van der Waals surface area contributed by atoms with Crippen molar-refractivity contribution < 1.29 is 33.0 Å². The van der Waals surface area contributed by atoms with Crippen molar-refractivity contribution in [1.29, 1.82) is 0 Å². The number of rotatable bonds is 9. The van der Waals surface area contributed by atoms with Crippen LogP contribution in [-0.4, -0.2) is 51.9 Å². The molecule has 45 heavy (non-hydrogen) atoms. The van der Waals surface area contributed by atoms with E-state index < -0.39 is 34.4 Å². The zero-order valence-corrected chi connectivity index (χ0v) is 25.3. The van der Waals surface area contributed by atoms with Crippen molar-refractivity contribution >= 4 is 34.3 Å². The van der Waals surface area contributed by atoms with Crippen LogP contribution in [0.1, 0.15) is 54.2 Å². The zero-order chi connectivity index (χ0) is 31.9. The van der Waals surface area contributed by atoms with E-state index >= 15 is 0 Å². The minimum Gasteiger partial charge on any atom is -0.494 e. The topological polar surface area (TPSA) is 142 Å². The quantitative estimate of drug-likeness (QED) is 0.246. The summed E-state index contributed by atoms with van der Waals surface area (Å²) in [7, 11) is 1.44. The molecule has 0 spiro atoms. The van der Waals surface area contributed by atoms with Gasteiger partial charge in [-0.2, -0.15) is 5.10 Å². The van der Waals surface area contributed by atoms with Crippen LogP contribution in [0, 0.1) is 11.7 Å². The maximum atomic E-state index is 14.7. The van der Waals surface area contributed by atoms with Crippen LogP contribution in [-0.2, 0) is 21.6 Å². The van der Waals surface area contributed by atoms with Crippen molar-refractivity contribution in [3.8, 4) is 22.8 Å². The molecule has 4 aromatic rings. The summed E-state index contributed by atoms with van der Waals surface area (Å²) in [4.78, 5) is 30.9. The van der Waals surface area contributed by atoms with Crippen LogP contribution in [0.15, 0.2) is 42.6 Å². The molecule has 13 heteroatoms. The summed E-state index contributed by atoms with van der Waals surface area (Å²) < 4.78 is 41.4. The Bertz CT molecular complexity index is 1910. The number of pyridine rings is 1. The van der Waals surface area contributed by atoms with E-state index in [9.17, 15) is 23.5 Å². The van der Waals surface area contributed by atoms with Crippen molar-refractivity contribution in [1.82, 2.24) is 20.1 Å². The summed E-state index contributed by atoms with van der Waals surface area (Å²) in [6.45, 7) is 1.38. The van der Waals surface area contributed by atoms with Crippen molar-refractivity contribution in [2.45, 2.75) is 49.4 Å². The predicted molar refractivity (Wildman–Crippen MR) is 160 cm³/mol. The molecule has 2 saturated carbocycles. The molecule has 2 aromatic carbocycles. The Hall–Kier alpha value is -4.29. The van der Waals surface area contributed by atoms with E-state index in [4.69, 9.17) is 31.8 Å². The van der Waals surface area contributed by atoms with Gasteiger partial charge in [0.05, 0.1) is 24.4 Å². The normalized spacial score (nSPS) is 21.1. The molecule has 0 saturated heterocycles. The average molecular weight is 638 g/mol. The highest BCUT2D eigenvalue weighted by Gasteiger charge is 2.50. The molecule has 2 amide bonds. The number of carbonyl (C=O) groups is 2. The van der Waals surface area contributed by atoms with Gasteiger partial charge in [0.1, 0.15) is 46.1 Å². The van der Waals surface area contributed by atoms with Gasteiger partial charge in [0, 0.05) is 41.1 Å². The fourth-order valence-electron chi connectivity index (χ4n) is 5.90. The molecule has 4 N–H and O–H groups in total. The molecule has 2 aliphatic carbocycles. The molecule has 234 valence electrons. The summed E-state index contributed by atoms with van der Waals surface area (Å²) >= 11 is 6.09. The first-order chi connectivity index (χ1) is 21.4. The SMILES string of the molecule is COc1cc(C(=O)NCC(O)(c2cc3c(c(-c4ccc(F)c(Cl)c4)n2)OC[C@]3(C)C(N)=O)C2CC2)cc2cn(C3(F)CC3)nc12. The van der Waals surface area contributed by atoms with Crippen molar-refractivity contribution in [3.05, 3.63) is 70.3 Å². The van der Waals surface area contributed by atoms with Crippen LogP contribution in [0.2, 0.25) is 5.02 Å². The highest BCUT2D eigenvalue weighted by molar-refractivity contribution is 6.31. The third-order valence-corrected chi connectivity index (χ3v) is 9.44. The number of primary amides is 1. The van der Waals surface area contributed by atoms with Crippen molar-refractivity contribution in [3.63, 3.8) is 0 Å². The van der Waals surface area contributed by atoms with Crippen LogP contribution in [0.5, 0.6) is 11.5 Å². The Balaban J connectivity index is 1.25. The Kier molecular flexibility index (Phi) is 6.61. The number of benzene rings is 2. The lowest BCUT2D eigenvalue weighted by Crippen LogP contribution is -2.44. The Labute approximate surface area is 261 Å². The molecule has 0 radical (unpaired) electrons. The molecule has 7 rings (SSSR count). The van der Waals surface area contributed by atoms with Crippen LogP contribution in [0.25, 0.3) is 22.2 Å². The van der Waals surface area contributed by atoms with E-state index in [0.29, 0.717) is 53.5 Å². The largest absolute Gasteiger partial charge is 0.494 e. The van der Waals surface area contributed by atoms with E-state index in [1.165, 1.54) is 36.1 Å². The number of nitrogens with zero attached hydrogens (tertiary/aromatic N) is 3. The molecule has 2 aromatic heterocycles. The molecule has 2 fully saturated rings. The molecule has 10 nitrogen and oxygen atoms in total. The molecule has 2 atom stereocenters. The minimum atomic E-state index is -1.64. The van der Waals surface area contributed by atoms with Gasteiger partial charge in [0.15, 0.2) is 0 Å². The fraction of sp³-hybridized carbons (Fsp3) is 0.375. The monoisotopic (exact) mass is 637 g/mol. The Morgan fingerprint density at radius 2 is 2.02 bits per heavy atom. The lowest BCUT2D eigenvalue weighted by Gasteiger charge is -2.30. The zero-order valence-electron chi connectivity index (χ0n) is 24.5. The van der Waals surface area contributed by atoms with Gasteiger partial charge < -0.3 is 25.6 Å². The van der Waals surface area contributed by atoms with Crippen molar-refractivity contribution in [2.24, 2.45) is 11.7 Å². The third-order valence-electron chi connectivity index (χ3n) is 9.15. The lowest BCUT2D eigenvalue weighted by molar-refractivity contribution is -0.123. The van der Waals surface area contributed by atoms with Gasteiger partial charge in [-0.05, 0) is 62.1 Å². The third kappa shape index (κ3) is 4.78. The summed E-state index contributed by atoms with van der Waals surface area (Å²) in [6, 6.07) is 8.78. The minimum absolute atomic E-state index is 0.0479. The molecule has 1 aliphatic heterocycles. The second-order valence-electron chi connectivity index (χ2n) is 12.3. The van der Waals surface area contributed by atoms with Gasteiger partial charge in [-0.15, -0.1) is 0 Å². The van der Waals surface area contributed by atoms with Gasteiger partial charge in [0.2, 0.25) is 11.7 Å². The summed E-state index contributed by atoms with van der Waals surface area (Å²) in [5.41, 5.74) is 4.89. The molecular weight excluding hydrogens is 608 g/mol. The fourth-order valence-corrected chi connectivity index (χ4v) is 6.08. The smallest absolute Gasteiger partial charge is 0.251 e. The number of amides is 2. The Morgan fingerprint density at radius 1 is 1.27 bits per heavy atom. The highest BCUT2D eigenvalue weighted by Crippen LogP contribution is 2.50. The van der Waals surface area contributed by atoms with E-state index in [2.05, 4.69) is 10.4 Å². The van der Waals surface area contributed by atoms with Gasteiger partial charge in [0.25, 0.3) is 5.91 Å². The number of hydrogen-bond acceptors (Lipinski definition) is 7. The first-order valence-electron chi connectivity index (χ1n) is 14.6. The average Bonchev–Trinajstić information content (AvgIpc) is 3.94. The first-order valence-corrected chi connectivity index (χ1v) is 15.0. The number of nitrogens with two attached hydrogens (primary N) is 1. The molecular formula is C32H30ClF2N5O5. The maximum absolute atomic E-state index is 14.7.